The molecule has 2 aromatic rings. The fraction of sp³-hybridized carbons (Fsp3) is 0.250. The van der Waals surface area contributed by atoms with Gasteiger partial charge in [-0.25, -0.2) is 9.97 Å². The van der Waals surface area contributed by atoms with Crippen molar-refractivity contribution in [3.8, 4) is 0 Å². The van der Waals surface area contributed by atoms with Gasteiger partial charge in [-0.1, -0.05) is 18.5 Å². The van der Waals surface area contributed by atoms with Gasteiger partial charge in [0.25, 0.3) is 5.91 Å². The summed E-state index contributed by atoms with van der Waals surface area (Å²) in [7, 11) is 0. The second-order valence-corrected chi connectivity index (χ2v) is 5.27. The maximum Gasteiger partial charge on any atom is 0.271 e. The Balaban J connectivity index is 1.93. The van der Waals surface area contributed by atoms with Crippen LogP contribution in [-0.4, -0.2) is 15.9 Å². The van der Waals surface area contributed by atoms with Crippen LogP contribution in [0.25, 0.3) is 0 Å². The molecule has 0 saturated heterocycles. The smallest absolute Gasteiger partial charge is 0.271 e. The van der Waals surface area contributed by atoms with Gasteiger partial charge in [0.15, 0.2) is 0 Å². The Bertz CT molecular complexity index is 539. The van der Waals surface area contributed by atoms with E-state index >= 15 is 0 Å². The highest BCUT2D eigenvalue weighted by molar-refractivity contribution is 7.11. The molecule has 0 radical (unpaired) electrons. The lowest BCUT2D eigenvalue weighted by Gasteiger charge is -2.02. The first kappa shape index (κ1) is 13.0. The molecule has 1 amide bonds. The topological polar surface area (TPSA) is 54.9 Å². The second kappa shape index (κ2) is 5.93. The van der Waals surface area contributed by atoms with Crippen molar-refractivity contribution in [2.45, 2.75) is 19.9 Å². The molecule has 18 heavy (non-hydrogen) atoms. The first-order chi connectivity index (χ1) is 8.69. The van der Waals surface area contributed by atoms with Gasteiger partial charge in [-0.3, -0.25) is 4.79 Å². The minimum atomic E-state index is -0.245. The van der Waals surface area contributed by atoms with Crippen molar-refractivity contribution < 1.29 is 4.79 Å². The Labute approximate surface area is 114 Å². The maximum atomic E-state index is 11.8. The second-order valence-electron chi connectivity index (χ2n) is 3.63. The first-order valence-corrected chi connectivity index (χ1v) is 6.72. The number of hydrogen-bond acceptors (Lipinski definition) is 4. The van der Waals surface area contributed by atoms with Gasteiger partial charge in [-0.2, -0.15) is 0 Å². The highest BCUT2D eigenvalue weighted by atomic mass is 35.5. The summed E-state index contributed by atoms with van der Waals surface area (Å²) in [6, 6.07) is 4.10. The van der Waals surface area contributed by atoms with E-state index in [0.717, 1.165) is 11.3 Å². The Kier molecular flexibility index (Phi) is 4.28. The van der Waals surface area contributed by atoms with Crippen LogP contribution in [0.4, 0.5) is 0 Å². The average Bonchev–Trinajstić information content (AvgIpc) is 2.85. The molecule has 0 bridgehead atoms. The molecule has 0 unspecified atom stereocenters. The van der Waals surface area contributed by atoms with Gasteiger partial charge in [0.1, 0.15) is 10.8 Å². The summed E-state index contributed by atoms with van der Waals surface area (Å²) in [6.07, 6.45) is 3.74. The molecule has 0 aromatic carbocycles. The minimum absolute atomic E-state index is 0.245. The maximum absolute atomic E-state index is 11.8. The molecule has 2 aromatic heterocycles. The number of aryl methyl sites for hydroxylation is 1. The lowest BCUT2D eigenvalue weighted by molar-refractivity contribution is 0.0946. The Hall–Kier alpha value is -1.46. The largest absolute Gasteiger partial charge is 0.346 e. The molecule has 6 heteroatoms. The quantitative estimate of drug-likeness (QED) is 0.937. The van der Waals surface area contributed by atoms with Crippen LogP contribution < -0.4 is 5.32 Å². The lowest BCUT2D eigenvalue weighted by atomic mass is 10.3. The van der Waals surface area contributed by atoms with Crippen LogP contribution in [0.2, 0.25) is 5.15 Å². The number of rotatable bonds is 4. The van der Waals surface area contributed by atoms with Crippen molar-refractivity contribution in [1.29, 1.82) is 0 Å². The van der Waals surface area contributed by atoms with Gasteiger partial charge >= 0.3 is 0 Å². The summed E-state index contributed by atoms with van der Waals surface area (Å²) in [4.78, 5) is 21.9. The zero-order valence-electron chi connectivity index (χ0n) is 9.81. The van der Waals surface area contributed by atoms with Crippen molar-refractivity contribution in [1.82, 2.24) is 15.3 Å². The van der Waals surface area contributed by atoms with E-state index in [1.165, 1.54) is 17.3 Å². The summed E-state index contributed by atoms with van der Waals surface area (Å²) in [5.74, 6) is -0.245. The number of hydrogen-bond donors (Lipinski definition) is 1. The van der Waals surface area contributed by atoms with Crippen LogP contribution in [0, 0.1) is 0 Å². The van der Waals surface area contributed by atoms with Crippen LogP contribution in [0.15, 0.2) is 24.5 Å². The summed E-state index contributed by atoms with van der Waals surface area (Å²) >= 11 is 7.31. The van der Waals surface area contributed by atoms with Gasteiger partial charge in [0, 0.05) is 9.75 Å². The van der Waals surface area contributed by atoms with E-state index in [-0.39, 0.29) is 16.8 Å². The molecule has 0 aliphatic carbocycles. The molecular formula is C12H12ClN3OS. The number of thiophene rings is 1. The molecule has 4 nitrogen and oxygen atoms in total. The molecule has 0 fully saturated rings. The van der Waals surface area contributed by atoms with E-state index in [4.69, 9.17) is 11.6 Å². The molecule has 0 spiro atoms. The number of amides is 1. The number of carbonyl (C=O) groups excluding carboxylic acids is 1. The Morgan fingerprint density at radius 3 is 2.72 bits per heavy atom. The van der Waals surface area contributed by atoms with Gasteiger partial charge in [-0.15, -0.1) is 11.3 Å². The van der Waals surface area contributed by atoms with E-state index in [9.17, 15) is 4.79 Å². The van der Waals surface area contributed by atoms with Gasteiger partial charge in [-0.05, 0) is 18.6 Å². The van der Waals surface area contributed by atoms with E-state index in [1.54, 1.807) is 11.3 Å². The zero-order valence-corrected chi connectivity index (χ0v) is 11.4. The minimum Gasteiger partial charge on any atom is -0.346 e. The summed E-state index contributed by atoms with van der Waals surface area (Å²) in [5.41, 5.74) is 0.270. The Morgan fingerprint density at radius 1 is 1.33 bits per heavy atom. The van der Waals surface area contributed by atoms with E-state index < -0.39 is 0 Å². The van der Waals surface area contributed by atoms with Gasteiger partial charge in [0.2, 0.25) is 0 Å². The standard InChI is InChI=1S/C12H12ClN3OS/c1-2-8-3-4-9(18-8)5-16-12(17)10-6-15-11(13)7-14-10/h3-4,6-7H,2,5H2,1H3,(H,16,17). The van der Waals surface area contributed by atoms with Gasteiger partial charge in [0.05, 0.1) is 18.9 Å². The number of halogens is 1. The average molecular weight is 282 g/mol. The van der Waals surface area contributed by atoms with Crippen molar-refractivity contribution in [3.63, 3.8) is 0 Å². The highest BCUT2D eigenvalue weighted by Gasteiger charge is 2.08. The van der Waals surface area contributed by atoms with Crippen LogP contribution >= 0.6 is 22.9 Å². The van der Waals surface area contributed by atoms with E-state index in [1.807, 2.05) is 6.07 Å². The van der Waals surface area contributed by atoms with Crippen molar-refractivity contribution in [2.75, 3.05) is 0 Å². The molecule has 0 atom stereocenters. The number of carbonyl (C=O) groups is 1. The normalized spacial score (nSPS) is 10.3. The summed E-state index contributed by atoms with van der Waals surface area (Å²) < 4.78 is 0. The third kappa shape index (κ3) is 3.27. The highest BCUT2D eigenvalue weighted by Crippen LogP contribution is 2.16. The molecule has 0 aliphatic heterocycles. The lowest BCUT2D eigenvalue weighted by Crippen LogP contribution is -2.23. The van der Waals surface area contributed by atoms with Gasteiger partial charge < -0.3 is 5.32 Å². The van der Waals surface area contributed by atoms with E-state index in [2.05, 4.69) is 28.3 Å². The van der Waals surface area contributed by atoms with Crippen LogP contribution in [0.1, 0.15) is 27.2 Å². The number of nitrogens with zero attached hydrogens (tertiary/aromatic N) is 2. The molecule has 0 saturated carbocycles. The Morgan fingerprint density at radius 2 is 2.11 bits per heavy atom. The predicted octanol–water partition coefficient (Wildman–Crippen LogP) is 2.68. The first-order valence-electron chi connectivity index (χ1n) is 5.52. The molecule has 0 aliphatic rings. The fourth-order valence-corrected chi connectivity index (χ4v) is 2.39. The monoisotopic (exact) mass is 281 g/mol. The SMILES string of the molecule is CCc1ccc(CNC(=O)c2cnc(Cl)cn2)s1. The van der Waals surface area contributed by atoms with Crippen molar-refractivity contribution in [2.24, 2.45) is 0 Å². The number of nitrogens with one attached hydrogen (secondary N) is 1. The molecular weight excluding hydrogens is 270 g/mol. The molecule has 1 N–H and O–H groups in total. The zero-order chi connectivity index (χ0) is 13.0. The fourth-order valence-electron chi connectivity index (χ4n) is 1.39. The van der Waals surface area contributed by atoms with Crippen LogP contribution in [0.5, 0.6) is 0 Å². The van der Waals surface area contributed by atoms with Crippen LogP contribution in [0.3, 0.4) is 0 Å². The third-order valence-corrected chi connectivity index (χ3v) is 3.77. The molecule has 94 valence electrons. The van der Waals surface area contributed by atoms with Crippen molar-refractivity contribution in [3.05, 3.63) is 45.1 Å². The molecule has 2 heterocycles. The van der Waals surface area contributed by atoms with Crippen molar-refractivity contribution >= 4 is 28.8 Å². The predicted molar refractivity (Wildman–Crippen MR) is 71.9 cm³/mol. The van der Waals surface area contributed by atoms with Crippen LogP contribution in [-0.2, 0) is 13.0 Å². The third-order valence-electron chi connectivity index (χ3n) is 2.34. The summed E-state index contributed by atoms with van der Waals surface area (Å²) in [6.45, 7) is 2.62. The summed E-state index contributed by atoms with van der Waals surface area (Å²) in [5, 5.41) is 3.07. The number of aromatic nitrogens is 2. The molecule has 2 rings (SSSR count). The van der Waals surface area contributed by atoms with E-state index in [0.29, 0.717) is 6.54 Å².